The summed E-state index contributed by atoms with van der Waals surface area (Å²) in [5.74, 6) is 0. The molecule has 0 aromatic heterocycles. The van der Waals surface area contributed by atoms with E-state index in [9.17, 15) is 0 Å². The molecule has 16 nitrogen and oxygen atoms in total. The molecule has 0 rings (SSSR count). The van der Waals surface area contributed by atoms with Crippen LogP contribution in [0.1, 0.15) is 0 Å². The van der Waals surface area contributed by atoms with Crippen molar-refractivity contribution in [3.63, 3.8) is 0 Å². The standard InChI is InChI=1S/4ClHO4.Si/c4*2-1(3,4)5;/h4*(H,2,3,4,5);/q;;;;+4/p-4. The SMILES string of the molecule is [O-][Cl+3]([O-])([O-])[O-].[O-][Cl+3]([O-])([O-])[O-].[O-][Cl+3]([O-])([O-])[O-].[O-][Cl+3]([O-])([O-])[O-].[Si+4]. The van der Waals surface area contributed by atoms with E-state index in [1.165, 1.54) is 0 Å². The predicted molar refractivity (Wildman–Crippen MR) is 5.75 cm³/mol. The van der Waals surface area contributed by atoms with Crippen LogP contribution < -0.4 is 74.5 Å². The first kappa shape index (κ1) is 33.4. The van der Waals surface area contributed by atoms with E-state index in [1.807, 2.05) is 0 Å². The molecule has 0 N–H and O–H groups in total. The van der Waals surface area contributed by atoms with Crippen molar-refractivity contribution in [3.8, 4) is 0 Å². The first-order valence-electron chi connectivity index (χ1n) is 2.47. The van der Waals surface area contributed by atoms with E-state index < -0.39 is 41.0 Å². The van der Waals surface area contributed by atoms with Gasteiger partial charge in [-0.1, -0.05) is 0 Å². The Bertz CT molecular complexity index is 130. The Morgan fingerprint density at radius 2 is 0.238 bits per heavy atom. The first-order chi connectivity index (χ1) is 8.00. The van der Waals surface area contributed by atoms with Crippen molar-refractivity contribution in [2.75, 3.05) is 0 Å². The topological polar surface area (TPSA) is 369 Å². The molecule has 0 aromatic rings. The van der Waals surface area contributed by atoms with Gasteiger partial charge in [-0.3, -0.25) is 0 Å². The van der Waals surface area contributed by atoms with Crippen LogP contribution >= 0.6 is 0 Å². The van der Waals surface area contributed by atoms with Crippen LogP contribution in [0.3, 0.4) is 0 Å². The molecule has 0 unspecified atom stereocenters. The summed E-state index contributed by atoms with van der Waals surface area (Å²) >= 11 is 0. The Morgan fingerprint density at radius 3 is 0.238 bits per heavy atom. The molecule has 0 aromatic carbocycles. The molecule has 0 saturated heterocycles. The molecule has 0 amide bonds. The van der Waals surface area contributed by atoms with E-state index in [0.29, 0.717) is 0 Å². The molecule has 0 aliphatic carbocycles. The minimum absolute atomic E-state index is 0. The fourth-order valence-electron chi connectivity index (χ4n) is 0. The normalized spacial score (nSPS) is 11.4. The van der Waals surface area contributed by atoms with Crippen molar-refractivity contribution >= 4 is 11.0 Å². The summed E-state index contributed by atoms with van der Waals surface area (Å²) in [4.78, 5) is 0. The number of hydrogen-bond donors (Lipinski definition) is 0. The van der Waals surface area contributed by atoms with Crippen LogP contribution in [0.2, 0.25) is 0 Å². The Hall–Kier alpha value is 0.737. The Kier molecular flexibility index (Phi) is 21.0. The Morgan fingerprint density at radius 1 is 0.238 bits per heavy atom. The van der Waals surface area contributed by atoms with Gasteiger partial charge in [0.25, 0.3) is 0 Å². The van der Waals surface area contributed by atoms with Gasteiger partial charge in [-0.15, -0.1) is 41.0 Å². The summed E-state index contributed by atoms with van der Waals surface area (Å²) in [5, 5.41) is 0. The second kappa shape index (κ2) is 13.2. The van der Waals surface area contributed by atoms with Crippen LogP contribution in [0, 0.1) is 41.0 Å². The maximum atomic E-state index is 8.49. The van der Waals surface area contributed by atoms with Crippen molar-refractivity contribution in [2.24, 2.45) is 0 Å². The monoisotopic (exact) mass is 424 g/mol. The van der Waals surface area contributed by atoms with E-state index in [4.69, 9.17) is 74.5 Å². The molecule has 21 heteroatoms. The second-order valence-corrected chi connectivity index (χ2v) is 4.54. The molecule has 0 aliphatic heterocycles. The van der Waals surface area contributed by atoms with Gasteiger partial charge in [0.15, 0.2) is 0 Å². The van der Waals surface area contributed by atoms with E-state index in [-0.39, 0.29) is 11.0 Å². The van der Waals surface area contributed by atoms with Gasteiger partial charge in [0.05, 0.1) is 0 Å². The molecule has 0 spiro atoms. The van der Waals surface area contributed by atoms with Crippen LogP contribution in [0.5, 0.6) is 0 Å². The average Bonchev–Trinajstić information content (AvgIpc) is 1.62. The molecule has 0 aliphatic rings. The Balaban J connectivity index is -0.0000000533. The van der Waals surface area contributed by atoms with Crippen LogP contribution in [-0.4, -0.2) is 11.0 Å². The van der Waals surface area contributed by atoms with Gasteiger partial charge in [-0.2, -0.15) is 0 Å². The molecule has 21 heavy (non-hydrogen) atoms. The summed E-state index contributed by atoms with van der Waals surface area (Å²) in [5.41, 5.74) is 0. The van der Waals surface area contributed by atoms with Crippen molar-refractivity contribution < 1.29 is 116 Å². The summed E-state index contributed by atoms with van der Waals surface area (Å²) in [6, 6.07) is 0. The minimum Gasteiger partial charge on any atom is -0.222 e. The van der Waals surface area contributed by atoms with Crippen molar-refractivity contribution in [2.45, 2.75) is 0 Å². The van der Waals surface area contributed by atoms with E-state index >= 15 is 0 Å². The Labute approximate surface area is 127 Å². The molecule has 0 fully saturated rings. The van der Waals surface area contributed by atoms with Crippen molar-refractivity contribution in [3.05, 3.63) is 0 Å². The van der Waals surface area contributed by atoms with Crippen LogP contribution in [0.25, 0.3) is 0 Å². The maximum Gasteiger partial charge on any atom is 4.00 e. The van der Waals surface area contributed by atoms with Crippen LogP contribution in [0.4, 0.5) is 0 Å². The van der Waals surface area contributed by atoms with Gasteiger partial charge < -0.3 is 0 Å². The zero-order valence-corrected chi connectivity index (χ0v) is 12.6. The van der Waals surface area contributed by atoms with E-state index in [2.05, 4.69) is 0 Å². The van der Waals surface area contributed by atoms with Crippen molar-refractivity contribution in [1.82, 2.24) is 0 Å². The molecule has 0 bridgehead atoms. The fraction of sp³-hybridized carbons (Fsp3) is 0. The molecular weight excluding hydrogens is 426 g/mol. The quantitative estimate of drug-likeness (QED) is 0.324. The van der Waals surface area contributed by atoms with Gasteiger partial charge in [0.2, 0.25) is 0 Å². The van der Waals surface area contributed by atoms with Crippen LogP contribution in [-0.2, 0) is 0 Å². The smallest absolute Gasteiger partial charge is 0.222 e. The summed E-state index contributed by atoms with van der Waals surface area (Å²) in [7, 11) is -19.8. The summed E-state index contributed by atoms with van der Waals surface area (Å²) in [6.45, 7) is 0. The largest absolute Gasteiger partial charge is 4.00 e. The number of hydrogen-bond acceptors (Lipinski definition) is 16. The second-order valence-electron chi connectivity index (χ2n) is 1.51. The molecule has 0 atom stereocenters. The third kappa shape index (κ3) is 13400. The first-order valence-corrected chi connectivity index (χ1v) is 7.41. The fourth-order valence-corrected chi connectivity index (χ4v) is 0. The average molecular weight is 426 g/mol. The zero-order valence-electron chi connectivity index (χ0n) is 8.54. The third-order valence-corrected chi connectivity index (χ3v) is 0. The number of halogens is 4. The summed E-state index contributed by atoms with van der Waals surface area (Å²) < 4.78 is 136. The van der Waals surface area contributed by atoms with Gasteiger partial charge in [-0.05, 0) is 0 Å². The van der Waals surface area contributed by atoms with Crippen molar-refractivity contribution in [1.29, 1.82) is 0 Å². The molecule has 128 valence electrons. The zero-order chi connectivity index (χ0) is 18.0. The molecule has 0 saturated carbocycles. The third-order valence-electron chi connectivity index (χ3n) is 0. The predicted octanol–water partition coefficient (Wildman–Crippen LogP) is -19.4. The molecule has 0 heterocycles. The number of rotatable bonds is 0. The van der Waals surface area contributed by atoms with Gasteiger partial charge in [0, 0.05) is 0 Å². The van der Waals surface area contributed by atoms with Crippen LogP contribution in [0.15, 0.2) is 0 Å². The molecule has 0 radical (unpaired) electrons. The minimum atomic E-state index is -4.94. The van der Waals surface area contributed by atoms with Gasteiger partial charge >= 0.3 is 11.0 Å². The van der Waals surface area contributed by atoms with E-state index in [0.717, 1.165) is 0 Å². The van der Waals surface area contributed by atoms with E-state index in [1.54, 1.807) is 0 Å². The molecular formula is Cl4O16Si. The van der Waals surface area contributed by atoms with Gasteiger partial charge in [0.1, 0.15) is 0 Å². The van der Waals surface area contributed by atoms with Gasteiger partial charge in [-0.25, -0.2) is 74.5 Å². The summed E-state index contributed by atoms with van der Waals surface area (Å²) in [6.07, 6.45) is 0. The maximum absolute atomic E-state index is 8.49.